The summed E-state index contributed by atoms with van der Waals surface area (Å²) in [6.45, 7) is 4.73. The van der Waals surface area contributed by atoms with E-state index in [9.17, 15) is 4.79 Å². The van der Waals surface area contributed by atoms with Crippen LogP contribution in [0.2, 0.25) is 10.0 Å². The summed E-state index contributed by atoms with van der Waals surface area (Å²) >= 11 is 12.2. The van der Waals surface area contributed by atoms with E-state index in [2.05, 4.69) is 6.92 Å². The number of Topliss-reactive ketones (excluding diaryl/α,β-unsaturated/α-hetero) is 1. The molecule has 0 unspecified atom stereocenters. The van der Waals surface area contributed by atoms with Crippen LogP contribution < -0.4 is 0 Å². The molecule has 0 N–H and O–H groups in total. The van der Waals surface area contributed by atoms with Crippen molar-refractivity contribution < 1.29 is 9.53 Å². The molecule has 1 aliphatic carbocycles. The molecule has 0 atom stereocenters. The molecule has 0 saturated heterocycles. The number of benzene rings is 1. The van der Waals surface area contributed by atoms with Crippen LogP contribution in [0.4, 0.5) is 0 Å². The molecule has 0 spiro atoms. The number of ketones is 1. The highest BCUT2D eigenvalue weighted by molar-refractivity contribution is 6.42. The van der Waals surface area contributed by atoms with Gasteiger partial charge in [-0.2, -0.15) is 0 Å². The second kappa shape index (κ2) is 7.13. The SMILES string of the molecule is CCOC1(C(=O)Cc2cccc(Cl)c2Cl)CCC(C)CC1. The van der Waals surface area contributed by atoms with Crippen molar-refractivity contribution in [2.24, 2.45) is 5.92 Å². The maximum atomic E-state index is 12.8. The highest BCUT2D eigenvalue weighted by Gasteiger charge is 2.41. The van der Waals surface area contributed by atoms with Gasteiger partial charge in [0.2, 0.25) is 0 Å². The van der Waals surface area contributed by atoms with E-state index in [1.807, 2.05) is 19.1 Å². The third-order valence-corrected chi connectivity index (χ3v) is 5.25. The summed E-state index contributed by atoms with van der Waals surface area (Å²) in [6.07, 6.45) is 3.97. The van der Waals surface area contributed by atoms with Crippen LogP contribution in [-0.2, 0) is 16.0 Å². The quantitative estimate of drug-likeness (QED) is 0.752. The van der Waals surface area contributed by atoms with Gasteiger partial charge in [-0.15, -0.1) is 0 Å². The number of hydrogen-bond donors (Lipinski definition) is 0. The molecule has 0 aliphatic heterocycles. The topological polar surface area (TPSA) is 26.3 Å². The fourth-order valence-electron chi connectivity index (χ4n) is 3.03. The standard InChI is InChI=1S/C17H22Cl2O2/c1-3-21-17(9-7-12(2)8-10-17)15(20)11-13-5-4-6-14(18)16(13)19/h4-6,12H,3,7-11H2,1-2H3. The summed E-state index contributed by atoms with van der Waals surface area (Å²) in [4.78, 5) is 12.8. The third-order valence-electron chi connectivity index (χ3n) is 4.39. The molecule has 1 saturated carbocycles. The Labute approximate surface area is 136 Å². The molecule has 1 aromatic carbocycles. The maximum absolute atomic E-state index is 12.8. The van der Waals surface area contributed by atoms with Gasteiger partial charge in [0.25, 0.3) is 0 Å². The molecule has 2 rings (SSSR count). The van der Waals surface area contributed by atoms with Gasteiger partial charge in [-0.25, -0.2) is 0 Å². The number of halogens is 2. The molecule has 0 heterocycles. The Balaban J connectivity index is 2.17. The van der Waals surface area contributed by atoms with Gasteiger partial charge >= 0.3 is 0 Å². The van der Waals surface area contributed by atoms with Crippen molar-refractivity contribution in [2.45, 2.75) is 51.6 Å². The predicted molar refractivity (Wildman–Crippen MR) is 87.2 cm³/mol. The van der Waals surface area contributed by atoms with Crippen molar-refractivity contribution in [1.29, 1.82) is 0 Å². The molecule has 21 heavy (non-hydrogen) atoms. The van der Waals surface area contributed by atoms with E-state index in [0.717, 1.165) is 31.2 Å². The van der Waals surface area contributed by atoms with Crippen molar-refractivity contribution >= 4 is 29.0 Å². The summed E-state index contributed by atoms with van der Waals surface area (Å²) in [7, 11) is 0. The summed E-state index contributed by atoms with van der Waals surface area (Å²) in [5, 5.41) is 0.966. The number of carbonyl (C=O) groups excluding carboxylic acids is 1. The average Bonchev–Trinajstić information content (AvgIpc) is 2.46. The van der Waals surface area contributed by atoms with Gasteiger partial charge in [-0.3, -0.25) is 4.79 Å². The lowest BCUT2D eigenvalue weighted by Crippen LogP contribution is -2.45. The Kier molecular flexibility index (Phi) is 5.70. The first-order chi connectivity index (χ1) is 9.98. The summed E-state index contributed by atoms with van der Waals surface area (Å²) in [5.74, 6) is 0.793. The van der Waals surface area contributed by atoms with Crippen LogP contribution in [0, 0.1) is 5.92 Å². The Hall–Kier alpha value is -0.570. The molecule has 1 fully saturated rings. The van der Waals surface area contributed by atoms with Crippen molar-refractivity contribution in [3.63, 3.8) is 0 Å². The number of ether oxygens (including phenoxy) is 1. The molecule has 4 heteroatoms. The number of hydrogen-bond acceptors (Lipinski definition) is 2. The molecule has 1 aliphatic rings. The van der Waals surface area contributed by atoms with E-state index in [1.54, 1.807) is 6.07 Å². The maximum Gasteiger partial charge on any atom is 0.169 e. The Bertz CT molecular complexity index is 506. The Morgan fingerprint density at radius 1 is 1.33 bits per heavy atom. The molecule has 2 nitrogen and oxygen atoms in total. The van der Waals surface area contributed by atoms with Crippen LogP contribution >= 0.6 is 23.2 Å². The molecule has 0 bridgehead atoms. The van der Waals surface area contributed by atoms with Crippen LogP contribution in [0.1, 0.15) is 45.1 Å². The molecule has 116 valence electrons. The van der Waals surface area contributed by atoms with E-state index >= 15 is 0 Å². The van der Waals surface area contributed by atoms with E-state index in [4.69, 9.17) is 27.9 Å². The van der Waals surface area contributed by atoms with E-state index in [-0.39, 0.29) is 12.2 Å². The highest BCUT2D eigenvalue weighted by Crippen LogP contribution is 2.37. The predicted octanol–water partition coefficient (Wildman–Crippen LogP) is 5.09. The van der Waals surface area contributed by atoms with Crippen molar-refractivity contribution in [1.82, 2.24) is 0 Å². The lowest BCUT2D eigenvalue weighted by atomic mass is 9.76. The zero-order chi connectivity index (χ0) is 15.5. The van der Waals surface area contributed by atoms with E-state index in [1.165, 1.54) is 0 Å². The van der Waals surface area contributed by atoms with Gasteiger partial charge in [0.05, 0.1) is 10.0 Å². The fourth-order valence-corrected chi connectivity index (χ4v) is 3.41. The zero-order valence-corrected chi connectivity index (χ0v) is 14.1. The molecule has 0 amide bonds. The average molecular weight is 329 g/mol. The Morgan fingerprint density at radius 3 is 2.62 bits per heavy atom. The van der Waals surface area contributed by atoms with Gasteiger partial charge in [0, 0.05) is 13.0 Å². The van der Waals surface area contributed by atoms with Crippen LogP contribution in [0.5, 0.6) is 0 Å². The number of rotatable bonds is 5. The molecule has 1 aromatic rings. The largest absolute Gasteiger partial charge is 0.367 e. The minimum atomic E-state index is -0.632. The molecular weight excluding hydrogens is 307 g/mol. The lowest BCUT2D eigenvalue weighted by Gasteiger charge is -2.38. The summed E-state index contributed by atoms with van der Waals surface area (Å²) in [5.41, 5.74) is 0.152. The van der Waals surface area contributed by atoms with Crippen LogP contribution in [-0.4, -0.2) is 18.0 Å². The van der Waals surface area contributed by atoms with Gasteiger partial charge in [0.15, 0.2) is 5.78 Å². The van der Waals surface area contributed by atoms with Crippen molar-refractivity contribution in [2.75, 3.05) is 6.61 Å². The van der Waals surface area contributed by atoms with Crippen molar-refractivity contribution in [3.8, 4) is 0 Å². The monoisotopic (exact) mass is 328 g/mol. The first-order valence-corrected chi connectivity index (χ1v) is 8.34. The summed E-state index contributed by atoms with van der Waals surface area (Å²) in [6, 6.07) is 5.42. The minimum absolute atomic E-state index is 0.125. The minimum Gasteiger partial charge on any atom is -0.367 e. The van der Waals surface area contributed by atoms with E-state index in [0.29, 0.717) is 22.6 Å². The second-order valence-electron chi connectivity index (χ2n) is 5.92. The fraction of sp³-hybridized carbons (Fsp3) is 0.588. The number of carbonyl (C=O) groups is 1. The highest BCUT2D eigenvalue weighted by atomic mass is 35.5. The van der Waals surface area contributed by atoms with Gasteiger partial charge in [-0.05, 0) is 50.2 Å². The van der Waals surface area contributed by atoms with Crippen LogP contribution in [0.3, 0.4) is 0 Å². The normalized spacial score (nSPS) is 25.8. The lowest BCUT2D eigenvalue weighted by molar-refractivity contribution is -0.149. The molecule has 0 aromatic heterocycles. The second-order valence-corrected chi connectivity index (χ2v) is 6.71. The zero-order valence-electron chi connectivity index (χ0n) is 12.6. The van der Waals surface area contributed by atoms with Gasteiger partial charge < -0.3 is 4.74 Å². The molecular formula is C17H22Cl2O2. The van der Waals surface area contributed by atoms with Gasteiger partial charge in [-0.1, -0.05) is 42.3 Å². The Morgan fingerprint density at radius 2 is 2.00 bits per heavy atom. The van der Waals surface area contributed by atoms with Crippen molar-refractivity contribution in [3.05, 3.63) is 33.8 Å². The van der Waals surface area contributed by atoms with Crippen LogP contribution in [0.25, 0.3) is 0 Å². The third kappa shape index (κ3) is 3.80. The van der Waals surface area contributed by atoms with E-state index < -0.39 is 5.60 Å². The first-order valence-electron chi connectivity index (χ1n) is 7.58. The molecule has 0 radical (unpaired) electrons. The van der Waals surface area contributed by atoms with Crippen LogP contribution in [0.15, 0.2) is 18.2 Å². The van der Waals surface area contributed by atoms with Gasteiger partial charge in [0.1, 0.15) is 5.60 Å². The summed E-state index contributed by atoms with van der Waals surface area (Å²) < 4.78 is 5.90. The first kappa shape index (κ1) is 16.8. The smallest absolute Gasteiger partial charge is 0.169 e.